The zero-order valence-electron chi connectivity index (χ0n) is 65.6. The van der Waals surface area contributed by atoms with E-state index in [0.29, 0.717) is 6.42 Å². The molecule has 1 amide bonds. The Morgan fingerprint density at radius 1 is 0.363 bits per heavy atom. The normalized spacial score (nSPS) is 22.0. The first kappa shape index (κ1) is 95.5. The number of hydrogen-bond acceptors (Lipinski definition) is 13. The standard InChI is InChI=1S/C88H161NO13/c1-3-5-7-9-11-13-15-17-19-21-23-25-27-29-31-33-35-36-37-38-39-40-42-44-46-48-50-52-54-56-58-60-62-64-66-68-70-72-80(93)89-76(75-99-87-85(98)83(96)86(79(74-91)101-87)102-88-84(97)82(95)81(94)78(73-90)100-88)77(92)71-69-67-65-63-61-59-57-55-53-51-49-47-45-43-41-34-32-30-28-26-24-22-20-18-16-14-12-10-8-6-4-2/h5,7,11,13,17,19,23,25,29,31,69,71,76-79,81-88,90-92,94-98H,3-4,6,8-10,12,14-16,18,20-22,24,26-28,30,32-68,70,72-75H2,1-2H3,(H,89,93)/b7-5-,13-11-,19-17-,25-23-,31-29-,71-69+. The largest absolute Gasteiger partial charge is 0.394 e. The second kappa shape index (κ2) is 71.4. The van der Waals surface area contributed by atoms with E-state index in [2.05, 4.69) is 79.9 Å². The van der Waals surface area contributed by atoms with E-state index in [1.807, 2.05) is 6.08 Å². The molecular weight excluding hydrogens is 1280 g/mol. The van der Waals surface area contributed by atoms with Gasteiger partial charge in [0.2, 0.25) is 5.91 Å². The molecule has 596 valence electrons. The van der Waals surface area contributed by atoms with Gasteiger partial charge < -0.3 is 65.1 Å². The van der Waals surface area contributed by atoms with Crippen molar-refractivity contribution < 1.29 is 64.6 Å². The van der Waals surface area contributed by atoms with Crippen LogP contribution >= 0.6 is 0 Å². The van der Waals surface area contributed by atoms with Crippen molar-refractivity contribution in [3.63, 3.8) is 0 Å². The van der Waals surface area contributed by atoms with Crippen LogP contribution in [0.15, 0.2) is 72.9 Å². The van der Waals surface area contributed by atoms with Crippen LogP contribution in [0.4, 0.5) is 0 Å². The van der Waals surface area contributed by atoms with Gasteiger partial charge >= 0.3 is 0 Å². The average Bonchev–Trinajstić information content (AvgIpc) is 0.790. The van der Waals surface area contributed by atoms with Crippen molar-refractivity contribution in [3.8, 4) is 0 Å². The monoisotopic (exact) mass is 1440 g/mol. The lowest BCUT2D eigenvalue weighted by Crippen LogP contribution is -2.65. The SMILES string of the molecule is CC/C=C\C/C=C\C/C=C\C/C=C\C/C=C\CCCCCCCCCCCCCCCCCCCCCCCC(=O)NC(COC1OC(CO)C(OC2OC(CO)C(O)C(O)C2O)C(O)C1O)C(O)/C=C/CCCCCCCCCCCCCCCCCCCCCCCCCCCCCCC. The highest BCUT2D eigenvalue weighted by Gasteiger charge is 2.51. The Morgan fingerprint density at radius 2 is 0.676 bits per heavy atom. The highest BCUT2D eigenvalue weighted by atomic mass is 16.7. The molecule has 0 aromatic rings. The summed E-state index contributed by atoms with van der Waals surface area (Å²) in [5.41, 5.74) is 0. The fourth-order valence-electron chi connectivity index (χ4n) is 14.1. The fraction of sp³-hybridized carbons (Fsp3) is 0.852. The highest BCUT2D eigenvalue weighted by molar-refractivity contribution is 5.76. The molecule has 0 aromatic carbocycles. The fourth-order valence-corrected chi connectivity index (χ4v) is 14.1. The van der Waals surface area contributed by atoms with Gasteiger partial charge in [-0.2, -0.15) is 0 Å². The van der Waals surface area contributed by atoms with E-state index in [9.17, 15) is 45.6 Å². The molecule has 2 saturated heterocycles. The number of allylic oxidation sites excluding steroid dienone is 11. The maximum Gasteiger partial charge on any atom is 0.220 e. The van der Waals surface area contributed by atoms with Gasteiger partial charge in [0, 0.05) is 6.42 Å². The zero-order chi connectivity index (χ0) is 73.7. The number of rotatable bonds is 73. The minimum atomic E-state index is -1.79. The Morgan fingerprint density at radius 3 is 1.04 bits per heavy atom. The van der Waals surface area contributed by atoms with Crippen molar-refractivity contribution in [1.29, 1.82) is 0 Å². The zero-order valence-corrected chi connectivity index (χ0v) is 65.6. The maximum atomic E-state index is 13.4. The molecule has 0 radical (unpaired) electrons. The molecular formula is C88H161NO13. The summed E-state index contributed by atoms with van der Waals surface area (Å²) in [6, 6.07) is -0.918. The summed E-state index contributed by atoms with van der Waals surface area (Å²) in [7, 11) is 0. The van der Waals surface area contributed by atoms with Gasteiger partial charge in [-0.25, -0.2) is 0 Å². The summed E-state index contributed by atoms with van der Waals surface area (Å²) in [6.45, 7) is 2.75. The van der Waals surface area contributed by atoms with Crippen LogP contribution in [0.3, 0.4) is 0 Å². The third-order valence-corrected chi connectivity index (χ3v) is 20.9. The lowest BCUT2D eigenvalue weighted by Gasteiger charge is -2.46. The third-order valence-electron chi connectivity index (χ3n) is 20.9. The topological polar surface area (TPSA) is 228 Å². The molecule has 0 spiro atoms. The van der Waals surface area contributed by atoms with E-state index < -0.39 is 86.8 Å². The van der Waals surface area contributed by atoms with Gasteiger partial charge in [-0.1, -0.05) is 389 Å². The quantitative estimate of drug-likeness (QED) is 0.0204. The first-order valence-electron chi connectivity index (χ1n) is 43.2. The molecule has 9 N–H and O–H groups in total. The van der Waals surface area contributed by atoms with Crippen LogP contribution in [0.2, 0.25) is 0 Å². The second-order valence-corrected chi connectivity index (χ2v) is 30.3. The van der Waals surface area contributed by atoms with Crippen LogP contribution in [0.5, 0.6) is 0 Å². The van der Waals surface area contributed by atoms with Gasteiger partial charge in [-0.05, 0) is 64.2 Å². The second-order valence-electron chi connectivity index (χ2n) is 30.3. The van der Waals surface area contributed by atoms with Gasteiger partial charge in [0.1, 0.15) is 48.8 Å². The summed E-state index contributed by atoms with van der Waals surface area (Å²) in [5, 5.41) is 87.8. The molecule has 2 aliphatic heterocycles. The molecule has 12 atom stereocenters. The minimum Gasteiger partial charge on any atom is -0.394 e. The minimum absolute atomic E-state index is 0.233. The van der Waals surface area contributed by atoms with E-state index in [1.54, 1.807) is 6.08 Å². The van der Waals surface area contributed by atoms with Gasteiger partial charge in [0.15, 0.2) is 12.6 Å². The molecule has 0 bridgehead atoms. The van der Waals surface area contributed by atoms with Gasteiger partial charge in [0.05, 0.1) is 32.0 Å². The van der Waals surface area contributed by atoms with E-state index in [4.69, 9.17) is 18.9 Å². The highest BCUT2D eigenvalue weighted by Crippen LogP contribution is 2.30. The lowest BCUT2D eigenvalue weighted by molar-refractivity contribution is -0.359. The number of hydrogen-bond donors (Lipinski definition) is 9. The van der Waals surface area contributed by atoms with Crippen molar-refractivity contribution in [1.82, 2.24) is 5.32 Å². The Labute approximate surface area is 625 Å². The summed E-state index contributed by atoms with van der Waals surface area (Å²) in [6.07, 6.45) is 82.9. The third kappa shape index (κ3) is 53.3. The summed E-state index contributed by atoms with van der Waals surface area (Å²) < 4.78 is 23.0. The number of unbranched alkanes of at least 4 members (excludes halogenated alkanes) is 50. The summed E-state index contributed by atoms with van der Waals surface area (Å²) >= 11 is 0. The van der Waals surface area contributed by atoms with E-state index in [0.717, 1.165) is 70.6 Å². The first-order valence-corrected chi connectivity index (χ1v) is 43.2. The molecule has 14 nitrogen and oxygen atoms in total. The molecule has 0 saturated carbocycles. The molecule has 2 heterocycles. The number of carbonyl (C=O) groups is 1. The molecule has 102 heavy (non-hydrogen) atoms. The molecule has 14 heteroatoms. The molecule has 0 aliphatic carbocycles. The Kier molecular flexibility index (Phi) is 66.8. The van der Waals surface area contributed by atoms with E-state index in [1.165, 1.54) is 289 Å². The van der Waals surface area contributed by atoms with Gasteiger partial charge in [-0.15, -0.1) is 0 Å². The Balaban J connectivity index is 1.58. The van der Waals surface area contributed by atoms with Crippen LogP contribution in [-0.4, -0.2) is 140 Å². The van der Waals surface area contributed by atoms with E-state index >= 15 is 0 Å². The number of amides is 1. The van der Waals surface area contributed by atoms with E-state index in [-0.39, 0.29) is 18.9 Å². The van der Waals surface area contributed by atoms with Crippen molar-refractivity contribution in [2.24, 2.45) is 0 Å². The summed E-state index contributed by atoms with van der Waals surface area (Å²) in [5.74, 6) is -0.233. The first-order chi connectivity index (χ1) is 50.1. The number of aliphatic hydroxyl groups is 8. The van der Waals surface area contributed by atoms with Crippen molar-refractivity contribution >= 4 is 5.91 Å². The molecule has 2 aliphatic rings. The number of nitrogens with one attached hydrogen (secondary N) is 1. The summed E-state index contributed by atoms with van der Waals surface area (Å²) in [4.78, 5) is 13.4. The maximum absolute atomic E-state index is 13.4. The lowest BCUT2D eigenvalue weighted by atomic mass is 9.97. The smallest absolute Gasteiger partial charge is 0.220 e. The number of aliphatic hydroxyl groups excluding tert-OH is 8. The van der Waals surface area contributed by atoms with Crippen LogP contribution in [0.1, 0.15) is 386 Å². The molecule has 12 unspecified atom stereocenters. The Bertz CT molecular complexity index is 1990. The van der Waals surface area contributed by atoms with Crippen LogP contribution in [0, 0.1) is 0 Å². The van der Waals surface area contributed by atoms with Crippen molar-refractivity contribution in [3.05, 3.63) is 72.9 Å². The predicted octanol–water partition coefficient (Wildman–Crippen LogP) is 20.5. The van der Waals surface area contributed by atoms with Crippen LogP contribution in [0.25, 0.3) is 0 Å². The Hall–Kier alpha value is -2.57. The van der Waals surface area contributed by atoms with Gasteiger partial charge in [0.25, 0.3) is 0 Å². The molecule has 2 rings (SSSR count). The predicted molar refractivity (Wildman–Crippen MR) is 424 cm³/mol. The number of ether oxygens (including phenoxy) is 4. The van der Waals surface area contributed by atoms with Crippen LogP contribution in [-0.2, 0) is 23.7 Å². The van der Waals surface area contributed by atoms with Gasteiger partial charge in [-0.3, -0.25) is 4.79 Å². The van der Waals surface area contributed by atoms with Crippen molar-refractivity contribution in [2.45, 2.75) is 460 Å². The number of carbonyl (C=O) groups excluding carboxylic acids is 1. The average molecular weight is 1440 g/mol. The molecule has 0 aromatic heterocycles. The van der Waals surface area contributed by atoms with Crippen molar-refractivity contribution in [2.75, 3.05) is 19.8 Å². The van der Waals surface area contributed by atoms with Crippen LogP contribution < -0.4 is 5.32 Å². The molecule has 2 fully saturated rings.